The summed E-state index contributed by atoms with van der Waals surface area (Å²) >= 11 is 0. The van der Waals surface area contributed by atoms with Crippen LogP contribution in [0, 0.1) is 0 Å². The lowest BCUT2D eigenvalue weighted by atomic mass is 10.2. The molecule has 76 valence electrons. The molecule has 1 nitrogen and oxygen atoms in total. The van der Waals surface area contributed by atoms with Gasteiger partial charge in [0.1, 0.15) is 0 Å². The molecule has 0 radical (unpaired) electrons. The van der Waals surface area contributed by atoms with Crippen LogP contribution >= 0.6 is 0 Å². The zero-order valence-corrected chi connectivity index (χ0v) is 7.29. The lowest BCUT2D eigenvalue weighted by molar-refractivity contribution is -0.319. The maximum atomic E-state index is 11.5. The molecule has 0 spiro atoms. The summed E-state index contributed by atoms with van der Waals surface area (Å²) in [5.74, 6) is 0. The van der Waals surface area contributed by atoms with E-state index in [1.54, 1.807) is 18.2 Å². The molecule has 1 aromatic carbocycles. The highest BCUT2D eigenvalue weighted by Gasteiger charge is 2.27. The Morgan fingerprint density at radius 2 is 1.79 bits per heavy atom. The van der Waals surface area contributed by atoms with Crippen LogP contribution in [0.4, 0.5) is 13.2 Å². The summed E-state index contributed by atoms with van der Waals surface area (Å²) < 4.78 is 38.1. The van der Waals surface area contributed by atoms with Crippen molar-refractivity contribution in [2.24, 2.45) is 0 Å². The molecule has 0 atom stereocenters. The molecule has 14 heavy (non-hydrogen) atoms. The zero-order chi connectivity index (χ0) is 10.4. The van der Waals surface area contributed by atoms with Gasteiger partial charge in [-0.15, -0.1) is 13.2 Å². The van der Waals surface area contributed by atoms with Crippen molar-refractivity contribution in [3.63, 3.8) is 0 Å². The van der Waals surface area contributed by atoms with Crippen molar-refractivity contribution in [2.45, 2.75) is 6.36 Å². The van der Waals surface area contributed by atoms with Crippen LogP contribution in [0.25, 0.3) is 6.08 Å². The van der Waals surface area contributed by atoms with Gasteiger partial charge in [0.25, 0.3) is 0 Å². The Morgan fingerprint density at radius 3 is 2.36 bits per heavy atom. The molecule has 4 heteroatoms. The van der Waals surface area contributed by atoms with Gasteiger partial charge in [0, 0.05) is 0 Å². The highest BCUT2D eigenvalue weighted by molar-refractivity contribution is 5.48. The number of rotatable bonds is 3. The summed E-state index contributed by atoms with van der Waals surface area (Å²) in [5, 5.41) is 0. The molecule has 0 aliphatic carbocycles. The van der Waals surface area contributed by atoms with Gasteiger partial charge in [0.2, 0.25) is 0 Å². The first-order chi connectivity index (χ1) is 6.58. The highest BCUT2D eigenvalue weighted by Crippen LogP contribution is 2.15. The van der Waals surface area contributed by atoms with Crippen LogP contribution in [-0.4, -0.2) is 13.0 Å². The van der Waals surface area contributed by atoms with Crippen LogP contribution in [0.15, 0.2) is 36.4 Å². The first kappa shape index (κ1) is 10.8. The molecule has 0 saturated heterocycles. The minimum atomic E-state index is -4.55. The van der Waals surface area contributed by atoms with Crippen LogP contribution in [0.1, 0.15) is 5.56 Å². The summed E-state index contributed by atoms with van der Waals surface area (Å²) in [7, 11) is 0. The fourth-order valence-electron chi connectivity index (χ4n) is 0.891. The number of hydrogen-bond donors (Lipinski definition) is 0. The molecule has 1 rings (SSSR count). The van der Waals surface area contributed by atoms with Gasteiger partial charge >= 0.3 is 6.36 Å². The quantitative estimate of drug-likeness (QED) is 0.731. The predicted molar refractivity (Wildman–Crippen MR) is 47.5 cm³/mol. The van der Waals surface area contributed by atoms with E-state index in [0.717, 1.165) is 5.56 Å². The maximum Gasteiger partial charge on any atom is 0.522 e. The molecule has 0 unspecified atom stereocenters. The molecule has 0 amide bonds. The normalized spacial score (nSPS) is 12.2. The Bertz CT molecular complexity index is 290. The van der Waals surface area contributed by atoms with Gasteiger partial charge < -0.3 is 0 Å². The van der Waals surface area contributed by atoms with Crippen molar-refractivity contribution in [1.82, 2.24) is 0 Å². The van der Waals surface area contributed by atoms with Crippen molar-refractivity contribution >= 4 is 6.08 Å². The number of hydrogen-bond acceptors (Lipinski definition) is 1. The summed E-state index contributed by atoms with van der Waals surface area (Å²) in [6.45, 7) is -0.460. The van der Waals surface area contributed by atoms with E-state index >= 15 is 0 Å². The van der Waals surface area contributed by atoms with Crippen LogP contribution in [0.5, 0.6) is 0 Å². The van der Waals surface area contributed by atoms with Gasteiger partial charge in [0.15, 0.2) is 0 Å². The average Bonchev–Trinajstić information content (AvgIpc) is 2.13. The van der Waals surface area contributed by atoms with E-state index in [4.69, 9.17) is 0 Å². The first-order valence-electron chi connectivity index (χ1n) is 4.00. The van der Waals surface area contributed by atoms with E-state index < -0.39 is 13.0 Å². The maximum absolute atomic E-state index is 11.5. The fourth-order valence-corrected chi connectivity index (χ4v) is 0.891. The third-order valence-electron chi connectivity index (χ3n) is 1.45. The SMILES string of the molecule is FC(F)(F)OC/C=C/c1ccccc1. The Kier molecular flexibility index (Phi) is 3.71. The first-order valence-corrected chi connectivity index (χ1v) is 4.00. The van der Waals surface area contributed by atoms with Crippen molar-refractivity contribution in [2.75, 3.05) is 6.61 Å². The molecule has 0 aromatic heterocycles. The van der Waals surface area contributed by atoms with E-state index in [0.29, 0.717) is 0 Å². The third kappa shape index (κ3) is 4.67. The Morgan fingerprint density at radius 1 is 1.14 bits per heavy atom. The lowest BCUT2D eigenvalue weighted by Crippen LogP contribution is -2.12. The predicted octanol–water partition coefficient (Wildman–Crippen LogP) is 3.24. The Balaban J connectivity index is 2.35. The second kappa shape index (κ2) is 4.81. The van der Waals surface area contributed by atoms with E-state index in [2.05, 4.69) is 4.74 Å². The monoisotopic (exact) mass is 202 g/mol. The number of halogens is 3. The zero-order valence-electron chi connectivity index (χ0n) is 7.29. The van der Waals surface area contributed by atoms with Crippen LogP contribution in [-0.2, 0) is 4.74 Å². The molecule has 0 N–H and O–H groups in total. The molecular weight excluding hydrogens is 193 g/mol. The summed E-state index contributed by atoms with van der Waals surface area (Å²) in [5.41, 5.74) is 0.846. The van der Waals surface area contributed by atoms with E-state index in [1.165, 1.54) is 6.08 Å². The van der Waals surface area contributed by atoms with Crippen molar-refractivity contribution < 1.29 is 17.9 Å². The third-order valence-corrected chi connectivity index (χ3v) is 1.45. The molecule has 0 bridgehead atoms. The van der Waals surface area contributed by atoms with Crippen molar-refractivity contribution in [1.29, 1.82) is 0 Å². The molecule has 0 heterocycles. The second-order valence-electron chi connectivity index (χ2n) is 2.57. The smallest absolute Gasteiger partial charge is 0.288 e. The second-order valence-corrected chi connectivity index (χ2v) is 2.57. The van der Waals surface area contributed by atoms with E-state index in [9.17, 15) is 13.2 Å². The summed E-state index contributed by atoms with van der Waals surface area (Å²) in [6, 6.07) is 9.05. The van der Waals surface area contributed by atoms with Gasteiger partial charge in [-0.1, -0.05) is 42.5 Å². The Hall–Kier alpha value is -1.29. The Labute approximate surface area is 79.8 Å². The molecular formula is C10H9F3O. The summed E-state index contributed by atoms with van der Waals surface area (Å²) in [4.78, 5) is 0. The topological polar surface area (TPSA) is 9.23 Å². The molecule has 1 aromatic rings. The van der Waals surface area contributed by atoms with Crippen molar-refractivity contribution in [3.8, 4) is 0 Å². The van der Waals surface area contributed by atoms with Crippen molar-refractivity contribution in [3.05, 3.63) is 42.0 Å². The fraction of sp³-hybridized carbons (Fsp3) is 0.200. The highest BCUT2D eigenvalue weighted by atomic mass is 19.4. The van der Waals surface area contributed by atoms with Crippen LogP contribution < -0.4 is 0 Å². The lowest BCUT2D eigenvalue weighted by Gasteiger charge is -2.03. The van der Waals surface area contributed by atoms with Gasteiger partial charge in [-0.25, -0.2) is 0 Å². The van der Waals surface area contributed by atoms with Crippen LogP contribution in [0.3, 0.4) is 0 Å². The van der Waals surface area contributed by atoms with Crippen LogP contribution in [0.2, 0.25) is 0 Å². The minimum Gasteiger partial charge on any atom is -0.288 e. The van der Waals surface area contributed by atoms with Gasteiger partial charge in [-0.05, 0) is 5.56 Å². The van der Waals surface area contributed by atoms with Gasteiger partial charge in [-0.3, -0.25) is 4.74 Å². The molecule has 0 aliphatic rings. The average molecular weight is 202 g/mol. The number of benzene rings is 1. The number of ether oxygens (including phenoxy) is 1. The summed E-state index contributed by atoms with van der Waals surface area (Å²) in [6.07, 6.45) is -1.66. The van der Waals surface area contributed by atoms with Gasteiger partial charge in [0.05, 0.1) is 6.61 Å². The van der Waals surface area contributed by atoms with Gasteiger partial charge in [-0.2, -0.15) is 0 Å². The standard InChI is InChI=1S/C10H9F3O/c11-10(12,13)14-8-4-7-9-5-2-1-3-6-9/h1-7H,8H2/b7-4+. The number of alkyl halides is 3. The largest absolute Gasteiger partial charge is 0.522 e. The van der Waals surface area contributed by atoms with E-state index in [1.807, 2.05) is 18.2 Å². The molecule has 0 saturated carbocycles. The molecule has 0 aliphatic heterocycles. The molecule has 0 fully saturated rings. The minimum absolute atomic E-state index is 0.460. The van der Waals surface area contributed by atoms with E-state index in [-0.39, 0.29) is 0 Å².